The van der Waals surface area contributed by atoms with Gasteiger partial charge in [0.25, 0.3) is 0 Å². The molecular weight excluding hydrogens is 374 g/mol. The molecule has 4 rings (SSSR count). The Morgan fingerprint density at radius 1 is 1.07 bits per heavy atom. The Labute approximate surface area is 179 Å². The lowest BCUT2D eigenvalue weighted by Crippen LogP contribution is -2.36. The fourth-order valence-electron chi connectivity index (χ4n) is 4.66. The molecule has 6 nitrogen and oxygen atoms in total. The number of aromatic nitrogens is 3. The van der Waals surface area contributed by atoms with Crippen LogP contribution in [0.25, 0.3) is 0 Å². The molecule has 1 saturated carbocycles. The van der Waals surface area contributed by atoms with Crippen LogP contribution in [0.1, 0.15) is 68.1 Å². The summed E-state index contributed by atoms with van der Waals surface area (Å²) < 4.78 is 6.31. The molecule has 2 fully saturated rings. The van der Waals surface area contributed by atoms with E-state index in [1.165, 1.54) is 5.56 Å². The van der Waals surface area contributed by atoms with Crippen molar-refractivity contribution in [3.8, 4) is 6.07 Å². The van der Waals surface area contributed by atoms with Crippen LogP contribution in [0.5, 0.6) is 0 Å². The second kappa shape index (κ2) is 9.99. The highest BCUT2D eigenvalue weighted by atomic mass is 16.5. The first-order valence-electron chi connectivity index (χ1n) is 11.3. The summed E-state index contributed by atoms with van der Waals surface area (Å²) in [6.07, 6.45) is 15.3. The van der Waals surface area contributed by atoms with E-state index in [-0.39, 0.29) is 0 Å². The van der Waals surface area contributed by atoms with E-state index >= 15 is 0 Å². The van der Waals surface area contributed by atoms with Crippen LogP contribution in [-0.2, 0) is 11.2 Å². The molecule has 6 heteroatoms. The number of rotatable bonds is 6. The number of nitriles is 1. The summed E-state index contributed by atoms with van der Waals surface area (Å²) in [5, 5.41) is 9.32. The molecule has 158 valence electrons. The van der Waals surface area contributed by atoms with Crippen molar-refractivity contribution in [3.05, 3.63) is 47.5 Å². The number of nitrogens with zero attached hydrogens (tertiary/aromatic N) is 5. The normalized spacial score (nSPS) is 22.6. The fraction of sp³-hybridized carbons (Fsp3) is 0.583. The van der Waals surface area contributed by atoms with Crippen LogP contribution in [0.15, 0.2) is 30.9 Å². The van der Waals surface area contributed by atoms with E-state index in [1.54, 1.807) is 12.4 Å². The largest absolute Gasteiger partial charge is 0.378 e. The minimum atomic E-state index is 0.358. The number of piperidine rings is 1. The molecule has 0 atom stereocenters. The Hall–Kier alpha value is -2.52. The van der Waals surface area contributed by atoms with Crippen LogP contribution in [0.3, 0.4) is 0 Å². The number of ether oxygens (including phenoxy) is 1. The SMILES string of the molecule is CCc1cnc(N2CCC(COC3CCC(c4ccncc4C#N)CC3)CC2)nc1. The van der Waals surface area contributed by atoms with Crippen LogP contribution < -0.4 is 4.90 Å². The lowest BCUT2D eigenvalue weighted by atomic mass is 9.81. The maximum absolute atomic E-state index is 9.32. The van der Waals surface area contributed by atoms with Gasteiger partial charge in [0.1, 0.15) is 6.07 Å². The van der Waals surface area contributed by atoms with Gasteiger partial charge in [-0.05, 0) is 74.0 Å². The van der Waals surface area contributed by atoms with E-state index in [9.17, 15) is 5.26 Å². The van der Waals surface area contributed by atoms with Gasteiger partial charge >= 0.3 is 0 Å². The second-order valence-corrected chi connectivity index (χ2v) is 8.56. The molecule has 0 radical (unpaired) electrons. The fourth-order valence-corrected chi connectivity index (χ4v) is 4.66. The van der Waals surface area contributed by atoms with E-state index in [1.807, 2.05) is 18.5 Å². The summed E-state index contributed by atoms with van der Waals surface area (Å²) in [4.78, 5) is 15.4. The number of hydrogen-bond donors (Lipinski definition) is 0. The zero-order chi connectivity index (χ0) is 20.8. The predicted molar refractivity (Wildman–Crippen MR) is 116 cm³/mol. The van der Waals surface area contributed by atoms with Gasteiger partial charge in [-0.25, -0.2) is 9.97 Å². The Morgan fingerprint density at radius 3 is 2.47 bits per heavy atom. The number of aryl methyl sites for hydroxylation is 1. The molecular formula is C24H31N5O. The molecule has 1 saturated heterocycles. The van der Waals surface area contributed by atoms with Crippen molar-refractivity contribution in [1.29, 1.82) is 5.26 Å². The van der Waals surface area contributed by atoms with Crippen LogP contribution in [0.2, 0.25) is 0 Å². The first kappa shape index (κ1) is 20.7. The lowest BCUT2D eigenvalue weighted by Gasteiger charge is -2.34. The second-order valence-electron chi connectivity index (χ2n) is 8.56. The summed E-state index contributed by atoms with van der Waals surface area (Å²) in [5.41, 5.74) is 3.07. The van der Waals surface area contributed by atoms with Crippen molar-refractivity contribution in [1.82, 2.24) is 15.0 Å². The molecule has 2 aromatic rings. The number of anilines is 1. The molecule has 1 aliphatic carbocycles. The van der Waals surface area contributed by atoms with Crippen molar-refractivity contribution < 1.29 is 4.74 Å². The Bertz CT molecular complexity index is 847. The molecule has 2 aromatic heterocycles. The topological polar surface area (TPSA) is 74.9 Å². The van der Waals surface area contributed by atoms with Crippen LogP contribution in [0, 0.1) is 17.2 Å². The molecule has 3 heterocycles. The molecule has 30 heavy (non-hydrogen) atoms. The minimum absolute atomic E-state index is 0.358. The summed E-state index contributed by atoms with van der Waals surface area (Å²) in [5.74, 6) is 1.95. The Balaban J connectivity index is 1.19. The third kappa shape index (κ3) is 4.96. The molecule has 2 aliphatic rings. The Kier molecular flexibility index (Phi) is 6.91. The van der Waals surface area contributed by atoms with Crippen LogP contribution >= 0.6 is 0 Å². The van der Waals surface area contributed by atoms with Crippen molar-refractivity contribution in [2.24, 2.45) is 5.92 Å². The van der Waals surface area contributed by atoms with E-state index in [0.717, 1.165) is 81.7 Å². The van der Waals surface area contributed by atoms with Gasteiger partial charge in [0.15, 0.2) is 0 Å². The monoisotopic (exact) mass is 405 g/mol. The van der Waals surface area contributed by atoms with Gasteiger partial charge in [-0.3, -0.25) is 4.98 Å². The maximum atomic E-state index is 9.32. The Morgan fingerprint density at radius 2 is 1.80 bits per heavy atom. The van der Waals surface area contributed by atoms with Crippen molar-refractivity contribution >= 4 is 5.95 Å². The van der Waals surface area contributed by atoms with Crippen LogP contribution in [-0.4, -0.2) is 40.8 Å². The van der Waals surface area contributed by atoms with Gasteiger partial charge in [-0.1, -0.05) is 6.92 Å². The van der Waals surface area contributed by atoms with Gasteiger partial charge in [-0.2, -0.15) is 5.26 Å². The molecule has 0 unspecified atom stereocenters. The maximum Gasteiger partial charge on any atom is 0.225 e. The summed E-state index contributed by atoms with van der Waals surface area (Å²) in [7, 11) is 0. The van der Waals surface area contributed by atoms with Gasteiger partial charge < -0.3 is 9.64 Å². The molecule has 0 N–H and O–H groups in total. The van der Waals surface area contributed by atoms with Crippen molar-refractivity contribution in [2.75, 3.05) is 24.6 Å². The van der Waals surface area contributed by atoms with E-state index in [2.05, 4.69) is 32.8 Å². The predicted octanol–water partition coefficient (Wildman–Crippen LogP) is 4.27. The van der Waals surface area contributed by atoms with E-state index in [0.29, 0.717) is 17.9 Å². The molecule has 0 bridgehead atoms. The van der Waals surface area contributed by atoms with Crippen molar-refractivity contribution in [2.45, 2.75) is 63.9 Å². The van der Waals surface area contributed by atoms with Crippen molar-refractivity contribution in [3.63, 3.8) is 0 Å². The zero-order valence-corrected chi connectivity index (χ0v) is 17.8. The lowest BCUT2D eigenvalue weighted by molar-refractivity contribution is 0.000546. The smallest absolute Gasteiger partial charge is 0.225 e. The van der Waals surface area contributed by atoms with E-state index < -0.39 is 0 Å². The number of hydrogen-bond acceptors (Lipinski definition) is 6. The summed E-state index contributed by atoms with van der Waals surface area (Å²) in [6, 6.07) is 4.30. The highest BCUT2D eigenvalue weighted by Crippen LogP contribution is 2.35. The average Bonchev–Trinajstić information content (AvgIpc) is 2.83. The van der Waals surface area contributed by atoms with Crippen LogP contribution in [0.4, 0.5) is 5.95 Å². The molecule has 0 amide bonds. The third-order valence-electron chi connectivity index (χ3n) is 6.65. The third-order valence-corrected chi connectivity index (χ3v) is 6.65. The van der Waals surface area contributed by atoms with Gasteiger partial charge in [0.05, 0.1) is 11.7 Å². The average molecular weight is 406 g/mol. The quantitative estimate of drug-likeness (QED) is 0.715. The first-order valence-corrected chi connectivity index (χ1v) is 11.3. The summed E-state index contributed by atoms with van der Waals surface area (Å²) in [6.45, 7) is 4.99. The van der Waals surface area contributed by atoms with Gasteiger partial charge in [0, 0.05) is 44.5 Å². The number of pyridine rings is 1. The zero-order valence-electron chi connectivity index (χ0n) is 17.8. The summed E-state index contributed by atoms with van der Waals surface area (Å²) >= 11 is 0. The first-order chi connectivity index (χ1) is 14.8. The molecule has 0 aromatic carbocycles. The van der Waals surface area contributed by atoms with Gasteiger partial charge in [0.2, 0.25) is 5.95 Å². The van der Waals surface area contributed by atoms with Gasteiger partial charge in [-0.15, -0.1) is 0 Å². The molecule has 0 spiro atoms. The minimum Gasteiger partial charge on any atom is -0.378 e. The molecule has 1 aliphatic heterocycles. The highest BCUT2D eigenvalue weighted by Gasteiger charge is 2.26. The van der Waals surface area contributed by atoms with E-state index in [4.69, 9.17) is 4.74 Å². The standard InChI is InChI=1S/C24H31N5O/c1-2-18-14-27-24(28-15-18)29-11-8-19(9-12-29)17-30-22-5-3-20(4-6-22)23-7-10-26-16-21(23)13-25/h7,10,14-16,19-20,22H,2-6,8-9,11-12,17H2,1H3. The highest BCUT2D eigenvalue weighted by molar-refractivity contribution is 5.37.